The third-order valence-electron chi connectivity index (χ3n) is 2.39. The van der Waals surface area contributed by atoms with E-state index in [-0.39, 0.29) is 12.0 Å². The van der Waals surface area contributed by atoms with Gasteiger partial charge in [0.05, 0.1) is 17.0 Å². The summed E-state index contributed by atoms with van der Waals surface area (Å²) in [6, 6.07) is 0. The van der Waals surface area contributed by atoms with Gasteiger partial charge < -0.3 is 9.64 Å². The summed E-state index contributed by atoms with van der Waals surface area (Å²) >= 11 is 3.39. The van der Waals surface area contributed by atoms with Crippen molar-refractivity contribution in [1.82, 2.24) is 4.90 Å². The molecule has 14 heavy (non-hydrogen) atoms. The Balaban J connectivity index is 2.56. The summed E-state index contributed by atoms with van der Waals surface area (Å²) in [6.45, 7) is 7.94. The van der Waals surface area contributed by atoms with Crippen molar-refractivity contribution in [3.63, 3.8) is 0 Å². The number of amides is 1. The van der Waals surface area contributed by atoms with Crippen molar-refractivity contribution in [2.75, 3.05) is 19.7 Å². The summed E-state index contributed by atoms with van der Waals surface area (Å²) in [7, 11) is 0. The molecule has 0 spiro atoms. The number of rotatable bonds is 2. The number of hydrogen-bond acceptors (Lipinski definition) is 2. The molecule has 1 atom stereocenters. The Morgan fingerprint density at radius 3 is 2.79 bits per heavy atom. The molecule has 0 aliphatic carbocycles. The van der Waals surface area contributed by atoms with E-state index in [0.717, 1.165) is 13.0 Å². The summed E-state index contributed by atoms with van der Waals surface area (Å²) in [5, 5.41) is 0. The quantitative estimate of drug-likeness (QED) is 0.712. The van der Waals surface area contributed by atoms with E-state index >= 15 is 0 Å². The number of hydrogen-bond donors (Lipinski definition) is 0. The second-order valence-electron chi connectivity index (χ2n) is 4.12. The Bertz CT molecular complexity index is 213. The Kier molecular flexibility index (Phi) is 3.95. The van der Waals surface area contributed by atoms with Crippen LogP contribution in [0.4, 0.5) is 0 Å². The van der Waals surface area contributed by atoms with Crippen LogP contribution in [0.25, 0.3) is 0 Å². The molecule has 82 valence electrons. The fourth-order valence-corrected chi connectivity index (χ4v) is 1.78. The Morgan fingerprint density at radius 2 is 2.29 bits per heavy atom. The van der Waals surface area contributed by atoms with Crippen molar-refractivity contribution in [1.29, 1.82) is 0 Å². The van der Waals surface area contributed by atoms with Gasteiger partial charge in [0.1, 0.15) is 0 Å². The van der Waals surface area contributed by atoms with E-state index in [9.17, 15) is 4.79 Å². The van der Waals surface area contributed by atoms with Gasteiger partial charge in [-0.05, 0) is 20.3 Å². The molecule has 3 nitrogen and oxygen atoms in total. The van der Waals surface area contributed by atoms with Gasteiger partial charge in [0.2, 0.25) is 5.91 Å². The smallest absolute Gasteiger partial charge is 0.239 e. The van der Waals surface area contributed by atoms with Crippen LogP contribution in [-0.4, -0.2) is 40.9 Å². The monoisotopic (exact) mass is 263 g/mol. The molecule has 1 unspecified atom stereocenters. The van der Waals surface area contributed by atoms with Gasteiger partial charge in [-0.15, -0.1) is 0 Å². The average molecular weight is 264 g/mol. The lowest BCUT2D eigenvalue weighted by Crippen LogP contribution is -2.50. The van der Waals surface area contributed by atoms with E-state index in [1.54, 1.807) is 0 Å². The standard InChI is InChI=1S/C10H18BrNO2/c1-4-8-7-12(5-6-14-8)9(13)10(2,3)11/h8H,4-7H2,1-3H3. The third kappa shape index (κ3) is 2.95. The summed E-state index contributed by atoms with van der Waals surface area (Å²) in [4.78, 5) is 13.8. The number of carbonyl (C=O) groups is 1. The zero-order chi connectivity index (χ0) is 10.8. The van der Waals surface area contributed by atoms with Gasteiger partial charge in [-0.25, -0.2) is 0 Å². The van der Waals surface area contributed by atoms with Crippen LogP contribution in [0.5, 0.6) is 0 Å². The maximum atomic E-state index is 11.9. The number of alkyl halides is 1. The van der Waals surface area contributed by atoms with E-state index in [2.05, 4.69) is 22.9 Å². The van der Waals surface area contributed by atoms with Crippen LogP contribution in [-0.2, 0) is 9.53 Å². The Morgan fingerprint density at radius 1 is 1.64 bits per heavy atom. The van der Waals surface area contributed by atoms with Crippen molar-refractivity contribution in [3.05, 3.63) is 0 Å². The second kappa shape index (κ2) is 4.62. The normalized spacial score (nSPS) is 23.7. The molecule has 0 radical (unpaired) electrons. The Hall–Kier alpha value is -0.0900. The van der Waals surface area contributed by atoms with Crippen LogP contribution in [0.2, 0.25) is 0 Å². The van der Waals surface area contributed by atoms with Gasteiger partial charge in [-0.2, -0.15) is 0 Å². The van der Waals surface area contributed by atoms with Crippen molar-refractivity contribution in [2.24, 2.45) is 0 Å². The number of carbonyl (C=O) groups excluding carboxylic acids is 1. The first kappa shape index (κ1) is 12.0. The van der Waals surface area contributed by atoms with Gasteiger partial charge >= 0.3 is 0 Å². The maximum absolute atomic E-state index is 11.9. The number of nitrogens with zero attached hydrogens (tertiary/aromatic N) is 1. The molecule has 1 heterocycles. The molecular weight excluding hydrogens is 246 g/mol. The fourth-order valence-electron chi connectivity index (χ4n) is 1.53. The number of ether oxygens (including phenoxy) is 1. The minimum absolute atomic E-state index is 0.152. The van der Waals surface area contributed by atoms with Gasteiger partial charge in [-0.1, -0.05) is 22.9 Å². The van der Waals surface area contributed by atoms with E-state index in [0.29, 0.717) is 13.2 Å². The van der Waals surface area contributed by atoms with Crippen molar-refractivity contribution in [2.45, 2.75) is 37.6 Å². The van der Waals surface area contributed by atoms with Crippen LogP contribution < -0.4 is 0 Å². The number of morpholine rings is 1. The molecule has 1 rings (SSSR count). The molecule has 1 amide bonds. The zero-order valence-electron chi connectivity index (χ0n) is 9.05. The lowest BCUT2D eigenvalue weighted by molar-refractivity contribution is -0.140. The van der Waals surface area contributed by atoms with E-state index < -0.39 is 4.32 Å². The van der Waals surface area contributed by atoms with Crippen LogP contribution in [0, 0.1) is 0 Å². The summed E-state index contributed by atoms with van der Waals surface area (Å²) in [5.74, 6) is 0.152. The molecule has 0 bridgehead atoms. The maximum Gasteiger partial charge on any atom is 0.239 e. The first-order valence-corrected chi connectivity index (χ1v) is 5.84. The largest absolute Gasteiger partial charge is 0.375 e. The molecular formula is C10H18BrNO2. The molecule has 1 aliphatic rings. The molecule has 1 saturated heterocycles. The first-order valence-electron chi connectivity index (χ1n) is 5.05. The molecule has 0 N–H and O–H groups in total. The van der Waals surface area contributed by atoms with Crippen molar-refractivity contribution >= 4 is 21.8 Å². The highest BCUT2D eigenvalue weighted by Crippen LogP contribution is 2.21. The fraction of sp³-hybridized carbons (Fsp3) is 0.900. The zero-order valence-corrected chi connectivity index (χ0v) is 10.6. The minimum Gasteiger partial charge on any atom is -0.375 e. The van der Waals surface area contributed by atoms with Crippen molar-refractivity contribution < 1.29 is 9.53 Å². The molecule has 0 aromatic heterocycles. The topological polar surface area (TPSA) is 29.5 Å². The summed E-state index contributed by atoms with van der Waals surface area (Å²) < 4.78 is 5.06. The van der Waals surface area contributed by atoms with Crippen LogP contribution in [0.15, 0.2) is 0 Å². The first-order chi connectivity index (χ1) is 6.45. The van der Waals surface area contributed by atoms with E-state index in [1.165, 1.54) is 0 Å². The van der Waals surface area contributed by atoms with Crippen LogP contribution in [0.3, 0.4) is 0 Å². The van der Waals surface area contributed by atoms with E-state index in [1.807, 2.05) is 18.7 Å². The molecule has 1 aliphatic heterocycles. The third-order valence-corrected chi connectivity index (χ3v) is 2.73. The van der Waals surface area contributed by atoms with Crippen LogP contribution in [0.1, 0.15) is 27.2 Å². The average Bonchev–Trinajstić information content (AvgIpc) is 2.15. The van der Waals surface area contributed by atoms with E-state index in [4.69, 9.17) is 4.74 Å². The summed E-state index contributed by atoms with van der Waals surface area (Å²) in [5.41, 5.74) is 0. The lowest BCUT2D eigenvalue weighted by Gasteiger charge is -2.35. The highest BCUT2D eigenvalue weighted by Gasteiger charge is 2.32. The summed E-state index contributed by atoms with van der Waals surface area (Å²) in [6.07, 6.45) is 1.18. The predicted octanol–water partition coefficient (Wildman–Crippen LogP) is 1.80. The SMILES string of the molecule is CCC1CN(C(=O)C(C)(C)Br)CCO1. The van der Waals surface area contributed by atoms with Crippen LogP contribution >= 0.6 is 15.9 Å². The van der Waals surface area contributed by atoms with Gasteiger partial charge in [0.15, 0.2) is 0 Å². The molecule has 0 saturated carbocycles. The van der Waals surface area contributed by atoms with Gasteiger partial charge in [0.25, 0.3) is 0 Å². The lowest BCUT2D eigenvalue weighted by atomic mass is 10.1. The van der Waals surface area contributed by atoms with Gasteiger partial charge in [0, 0.05) is 13.1 Å². The second-order valence-corrected chi connectivity index (χ2v) is 6.11. The van der Waals surface area contributed by atoms with Crippen molar-refractivity contribution in [3.8, 4) is 0 Å². The molecule has 1 fully saturated rings. The Labute approximate surface area is 93.9 Å². The predicted molar refractivity (Wildman–Crippen MR) is 59.6 cm³/mol. The molecule has 0 aromatic carbocycles. The molecule has 0 aromatic rings. The molecule has 4 heteroatoms. The highest BCUT2D eigenvalue weighted by molar-refractivity contribution is 9.10. The van der Waals surface area contributed by atoms with Gasteiger partial charge in [-0.3, -0.25) is 4.79 Å². The minimum atomic E-state index is -0.456. The highest BCUT2D eigenvalue weighted by atomic mass is 79.9. The number of halogens is 1.